The minimum Gasteiger partial charge on any atom is -0.481 e. The van der Waals surface area contributed by atoms with Crippen molar-refractivity contribution in [3.8, 4) is 0 Å². The van der Waals surface area contributed by atoms with Crippen molar-refractivity contribution in [1.29, 1.82) is 0 Å². The van der Waals surface area contributed by atoms with Crippen molar-refractivity contribution in [2.75, 3.05) is 33.0 Å². The number of rotatable bonds is 28. The Morgan fingerprint density at radius 2 is 1.10 bits per heavy atom. The maximum atomic E-state index is 11.2. The van der Waals surface area contributed by atoms with E-state index < -0.39 is 11.9 Å². The molecule has 2 amide bonds. The van der Waals surface area contributed by atoms with Crippen molar-refractivity contribution in [2.45, 2.75) is 116 Å². The Morgan fingerprint density at radius 3 is 1.56 bits per heavy atom. The molecule has 0 rings (SSSR count). The average molecular weight is 561 g/mol. The molecule has 5 N–H and O–H groups in total. The molecule has 0 spiro atoms. The first-order valence-corrected chi connectivity index (χ1v) is 14.4. The SMILES string of the molecule is NC(=O)CCCCCCCCCCCCCCCC(=O)O.O=CCCCC(=O)NCCOCCOCC(=O)O. The summed E-state index contributed by atoms with van der Waals surface area (Å²) in [5, 5.41) is 19.4. The van der Waals surface area contributed by atoms with Crippen LogP contribution < -0.4 is 11.1 Å². The molecule has 0 aliphatic heterocycles. The van der Waals surface area contributed by atoms with Crippen LogP contribution in [0, 0.1) is 0 Å². The molecule has 0 radical (unpaired) electrons. The molecule has 0 bridgehead atoms. The Bertz CT molecular complexity index is 604. The standard InChI is InChI=1S/C17H33NO3.C11H19NO6/c18-16(19)14-12-10-8-6-4-2-1-3-5-7-9-11-13-15-17(20)21;13-5-2-1-3-10(14)12-4-6-17-7-8-18-9-11(15)16/h1-15H2,(H2,18,19)(H,20,21);5H,1-4,6-9H2,(H,12,14)(H,15,16). The van der Waals surface area contributed by atoms with Crippen molar-refractivity contribution in [3.63, 3.8) is 0 Å². The maximum Gasteiger partial charge on any atom is 0.329 e. The number of unbranched alkanes of at least 4 members (excludes halogenated alkanes) is 13. The van der Waals surface area contributed by atoms with Gasteiger partial charge >= 0.3 is 11.9 Å². The zero-order valence-corrected chi connectivity index (χ0v) is 23.7. The maximum absolute atomic E-state index is 11.2. The Kier molecular flexibility index (Phi) is 31.4. The second kappa shape index (κ2) is 31.7. The summed E-state index contributed by atoms with van der Waals surface area (Å²) in [6.45, 7) is 0.888. The molecule has 39 heavy (non-hydrogen) atoms. The van der Waals surface area contributed by atoms with E-state index in [2.05, 4.69) is 5.32 Å². The molecule has 0 aromatic heterocycles. The van der Waals surface area contributed by atoms with E-state index in [-0.39, 0.29) is 31.6 Å². The number of ether oxygens (including phenoxy) is 2. The molecule has 228 valence electrons. The topological polar surface area (TPSA) is 182 Å². The first-order chi connectivity index (χ1) is 18.8. The number of aldehydes is 1. The van der Waals surface area contributed by atoms with E-state index >= 15 is 0 Å². The number of primary amides is 1. The quantitative estimate of drug-likeness (QED) is 0.0811. The van der Waals surface area contributed by atoms with E-state index in [9.17, 15) is 24.0 Å². The Balaban J connectivity index is 0. The largest absolute Gasteiger partial charge is 0.481 e. The summed E-state index contributed by atoms with van der Waals surface area (Å²) < 4.78 is 9.85. The van der Waals surface area contributed by atoms with Gasteiger partial charge in [0.25, 0.3) is 0 Å². The van der Waals surface area contributed by atoms with Crippen LogP contribution in [0.25, 0.3) is 0 Å². The lowest BCUT2D eigenvalue weighted by molar-refractivity contribution is -0.143. The third-order valence-electron chi connectivity index (χ3n) is 5.71. The molecule has 0 unspecified atom stereocenters. The van der Waals surface area contributed by atoms with Gasteiger partial charge in [0.2, 0.25) is 11.8 Å². The van der Waals surface area contributed by atoms with E-state index in [0.29, 0.717) is 45.3 Å². The average Bonchev–Trinajstić information content (AvgIpc) is 2.88. The van der Waals surface area contributed by atoms with Crippen LogP contribution in [0.1, 0.15) is 116 Å². The number of aliphatic carboxylic acids is 2. The smallest absolute Gasteiger partial charge is 0.329 e. The summed E-state index contributed by atoms with van der Waals surface area (Å²) in [5.74, 6) is -1.98. The van der Waals surface area contributed by atoms with Gasteiger partial charge in [0.1, 0.15) is 12.9 Å². The summed E-state index contributed by atoms with van der Waals surface area (Å²) in [6.07, 6.45) is 18.3. The van der Waals surface area contributed by atoms with Gasteiger partial charge in [-0.15, -0.1) is 0 Å². The number of hydrogen-bond acceptors (Lipinski definition) is 7. The van der Waals surface area contributed by atoms with E-state index in [1.165, 1.54) is 57.8 Å². The van der Waals surface area contributed by atoms with Crippen LogP contribution in [0.15, 0.2) is 0 Å². The van der Waals surface area contributed by atoms with Gasteiger partial charge in [-0.1, -0.05) is 70.6 Å². The first kappa shape index (κ1) is 38.6. The molecular formula is C28H52N2O9. The van der Waals surface area contributed by atoms with Gasteiger partial charge in [-0.2, -0.15) is 0 Å². The zero-order valence-electron chi connectivity index (χ0n) is 23.7. The highest BCUT2D eigenvalue weighted by Crippen LogP contribution is 2.13. The van der Waals surface area contributed by atoms with Crippen LogP contribution in [0.4, 0.5) is 0 Å². The van der Waals surface area contributed by atoms with Crippen LogP contribution in [0.3, 0.4) is 0 Å². The molecule has 0 aliphatic rings. The molecule has 0 aromatic rings. The van der Waals surface area contributed by atoms with Crippen LogP contribution in [0.5, 0.6) is 0 Å². The lowest BCUT2D eigenvalue weighted by atomic mass is 10.0. The Morgan fingerprint density at radius 1 is 0.615 bits per heavy atom. The number of amides is 2. The Hall–Kier alpha value is -2.53. The second-order valence-corrected chi connectivity index (χ2v) is 9.42. The third-order valence-corrected chi connectivity index (χ3v) is 5.71. The van der Waals surface area contributed by atoms with Crippen molar-refractivity contribution in [3.05, 3.63) is 0 Å². The third kappa shape index (κ3) is 40.1. The molecule has 0 saturated heterocycles. The van der Waals surface area contributed by atoms with Crippen LogP contribution in [-0.4, -0.2) is 73.2 Å². The van der Waals surface area contributed by atoms with Gasteiger partial charge in [-0.25, -0.2) is 4.79 Å². The summed E-state index contributed by atoms with van der Waals surface area (Å²) in [4.78, 5) is 52.1. The number of carboxylic acid groups (broad SMARTS) is 2. The summed E-state index contributed by atoms with van der Waals surface area (Å²) in [5.41, 5.74) is 5.09. The molecule has 11 nitrogen and oxygen atoms in total. The number of carbonyl (C=O) groups is 5. The fourth-order valence-corrected chi connectivity index (χ4v) is 3.60. The molecule has 11 heteroatoms. The number of carboxylic acids is 2. The van der Waals surface area contributed by atoms with E-state index in [1.54, 1.807) is 0 Å². The lowest BCUT2D eigenvalue weighted by Crippen LogP contribution is -2.27. The van der Waals surface area contributed by atoms with Gasteiger partial charge < -0.3 is 35.5 Å². The van der Waals surface area contributed by atoms with Crippen molar-refractivity contribution in [2.24, 2.45) is 5.73 Å². The first-order valence-electron chi connectivity index (χ1n) is 14.4. The molecule has 0 aliphatic carbocycles. The van der Waals surface area contributed by atoms with Gasteiger partial charge in [0.15, 0.2) is 0 Å². The fraction of sp³-hybridized carbons (Fsp3) is 0.821. The molecule has 0 atom stereocenters. The summed E-state index contributed by atoms with van der Waals surface area (Å²) >= 11 is 0. The number of carbonyl (C=O) groups excluding carboxylic acids is 3. The van der Waals surface area contributed by atoms with Gasteiger partial charge in [-0.05, 0) is 19.3 Å². The lowest BCUT2D eigenvalue weighted by Gasteiger charge is -2.06. The number of hydrogen-bond donors (Lipinski definition) is 4. The van der Waals surface area contributed by atoms with Crippen molar-refractivity contribution in [1.82, 2.24) is 5.32 Å². The van der Waals surface area contributed by atoms with Gasteiger partial charge in [0.05, 0.1) is 19.8 Å². The minimum atomic E-state index is -1.02. The van der Waals surface area contributed by atoms with Crippen LogP contribution in [-0.2, 0) is 33.4 Å². The molecule has 0 saturated carbocycles. The van der Waals surface area contributed by atoms with E-state index in [4.69, 9.17) is 25.4 Å². The highest BCUT2D eigenvalue weighted by Gasteiger charge is 2.00. The Labute approximate surface area is 233 Å². The predicted molar refractivity (Wildman–Crippen MR) is 148 cm³/mol. The highest BCUT2D eigenvalue weighted by molar-refractivity contribution is 5.76. The van der Waals surface area contributed by atoms with E-state index in [1.807, 2.05) is 0 Å². The second-order valence-electron chi connectivity index (χ2n) is 9.42. The summed E-state index contributed by atoms with van der Waals surface area (Å²) in [6, 6.07) is 0. The molecule has 0 fully saturated rings. The molecular weight excluding hydrogens is 508 g/mol. The van der Waals surface area contributed by atoms with Gasteiger partial charge in [0, 0.05) is 32.2 Å². The predicted octanol–water partition coefficient (Wildman–Crippen LogP) is 4.00. The van der Waals surface area contributed by atoms with Crippen molar-refractivity contribution >= 4 is 30.0 Å². The summed E-state index contributed by atoms with van der Waals surface area (Å²) in [7, 11) is 0. The van der Waals surface area contributed by atoms with E-state index in [0.717, 1.165) is 32.0 Å². The normalized spacial score (nSPS) is 10.4. The number of nitrogens with one attached hydrogen (secondary N) is 1. The number of nitrogens with two attached hydrogens (primary N) is 1. The highest BCUT2D eigenvalue weighted by atomic mass is 16.5. The van der Waals surface area contributed by atoms with Crippen LogP contribution >= 0.6 is 0 Å². The fourth-order valence-electron chi connectivity index (χ4n) is 3.60. The van der Waals surface area contributed by atoms with Gasteiger partial charge in [-0.3, -0.25) is 14.4 Å². The minimum absolute atomic E-state index is 0.109. The molecule has 0 heterocycles. The zero-order chi connectivity index (χ0) is 29.4. The monoisotopic (exact) mass is 560 g/mol. The molecule has 0 aromatic carbocycles. The van der Waals surface area contributed by atoms with Crippen molar-refractivity contribution < 1.29 is 43.7 Å². The van der Waals surface area contributed by atoms with Crippen LogP contribution in [0.2, 0.25) is 0 Å².